The molecule has 0 fully saturated rings. The van der Waals surface area contributed by atoms with Crippen molar-refractivity contribution in [3.63, 3.8) is 0 Å². The number of carbonyl (C=O) groups excluding carboxylic acids is 2. The minimum absolute atomic E-state index is 0.0281. The van der Waals surface area contributed by atoms with E-state index in [1.807, 2.05) is 17.5 Å². The molecule has 1 unspecified atom stereocenters. The molecule has 2 N–H and O–H groups in total. The van der Waals surface area contributed by atoms with E-state index in [-0.39, 0.29) is 23.0 Å². The number of nitrogens with one attached hydrogen (secondary N) is 2. The van der Waals surface area contributed by atoms with Crippen LogP contribution >= 0.6 is 11.3 Å². The highest BCUT2D eigenvalue weighted by atomic mass is 32.1. The Bertz CT molecular complexity index is 1130. The summed E-state index contributed by atoms with van der Waals surface area (Å²) in [5.74, 6) is -0.955. The number of aryl methyl sites for hydroxylation is 1. The number of fused-ring (bicyclic) bond motifs is 1. The maximum absolute atomic E-state index is 12.7. The molecule has 0 bridgehead atoms. The average Bonchev–Trinajstić information content (AvgIpc) is 3.22. The summed E-state index contributed by atoms with van der Waals surface area (Å²) in [4.78, 5) is 55.6. The number of ether oxygens (including phenoxy) is 1. The first kappa shape index (κ1) is 19.5. The number of aromatic amines is 1. The summed E-state index contributed by atoms with van der Waals surface area (Å²) in [6.45, 7) is 2.07. The van der Waals surface area contributed by atoms with Crippen LogP contribution in [-0.4, -0.2) is 33.5 Å². The van der Waals surface area contributed by atoms with Crippen LogP contribution in [0.1, 0.15) is 34.6 Å². The van der Waals surface area contributed by atoms with Crippen molar-refractivity contribution in [3.8, 4) is 0 Å². The molecular formula is C18H18N4O5S. The molecule has 1 atom stereocenters. The number of aromatic nitrogens is 3. The topological polar surface area (TPSA) is 123 Å². The summed E-state index contributed by atoms with van der Waals surface area (Å²) in [5.41, 5.74) is -0.820. The van der Waals surface area contributed by atoms with Crippen LogP contribution in [0.4, 0.5) is 0 Å². The van der Waals surface area contributed by atoms with E-state index in [4.69, 9.17) is 4.74 Å². The number of esters is 1. The molecule has 3 heterocycles. The van der Waals surface area contributed by atoms with Gasteiger partial charge in [0, 0.05) is 17.6 Å². The molecule has 1 amide bonds. The fraction of sp³-hybridized carbons (Fsp3) is 0.278. The number of amides is 1. The smallest absolute Gasteiger partial charge is 0.329 e. The maximum Gasteiger partial charge on any atom is 0.329 e. The highest BCUT2D eigenvalue weighted by molar-refractivity contribution is 7.10. The third-order valence-electron chi connectivity index (χ3n) is 4.20. The normalized spacial score (nSPS) is 11.9. The molecule has 3 rings (SSSR count). The van der Waals surface area contributed by atoms with E-state index in [1.54, 1.807) is 6.92 Å². The van der Waals surface area contributed by atoms with Gasteiger partial charge in [0.05, 0.1) is 30.5 Å². The van der Waals surface area contributed by atoms with Crippen LogP contribution in [0.3, 0.4) is 0 Å². The number of H-pyrrole nitrogens is 1. The standard InChI is InChI=1S/C18H18N4O5S/c1-3-22-15-11(17(25)21-18(22)26)7-10(9-19-15)16(24)20-12(8-14(23)27-2)13-5-4-6-28-13/h4-7,9,12H,3,8H2,1-2H3,(H,20,24)(H,21,25,26). The highest BCUT2D eigenvalue weighted by Crippen LogP contribution is 2.23. The quantitative estimate of drug-likeness (QED) is 0.597. The number of hydrogen-bond donors (Lipinski definition) is 2. The number of methoxy groups -OCH3 is 1. The maximum atomic E-state index is 12.7. The molecule has 3 aromatic heterocycles. The summed E-state index contributed by atoms with van der Waals surface area (Å²) < 4.78 is 6.01. The van der Waals surface area contributed by atoms with Crippen LogP contribution < -0.4 is 16.6 Å². The van der Waals surface area contributed by atoms with Gasteiger partial charge in [-0.3, -0.25) is 23.9 Å². The first-order chi connectivity index (χ1) is 13.4. The molecule has 0 aliphatic heterocycles. The minimum Gasteiger partial charge on any atom is -0.469 e. The predicted molar refractivity (Wildman–Crippen MR) is 103 cm³/mol. The third-order valence-corrected chi connectivity index (χ3v) is 5.19. The van der Waals surface area contributed by atoms with Crippen molar-refractivity contribution >= 4 is 34.2 Å². The molecule has 0 spiro atoms. The summed E-state index contributed by atoms with van der Waals surface area (Å²) in [7, 11) is 1.28. The number of rotatable bonds is 6. The monoisotopic (exact) mass is 402 g/mol. The molecular weight excluding hydrogens is 384 g/mol. The van der Waals surface area contributed by atoms with Gasteiger partial charge in [-0.25, -0.2) is 9.78 Å². The fourth-order valence-electron chi connectivity index (χ4n) is 2.79. The van der Waals surface area contributed by atoms with Crippen molar-refractivity contribution in [1.29, 1.82) is 0 Å². The molecule has 0 aliphatic carbocycles. The first-order valence-corrected chi connectivity index (χ1v) is 9.36. The largest absolute Gasteiger partial charge is 0.469 e. The third kappa shape index (κ3) is 3.86. The lowest BCUT2D eigenvalue weighted by molar-refractivity contribution is -0.141. The van der Waals surface area contributed by atoms with Crippen molar-refractivity contribution in [2.75, 3.05) is 7.11 Å². The van der Waals surface area contributed by atoms with Crippen molar-refractivity contribution in [3.05, 3.63) is 61.1 Å². The number of thiophene rings is 1. The molecule has 9 nitrogen and oxygen atoms in total. The van der Waals surface area contributed by atoms with Gasteiger partial charge in [-0.1, -0.05) is 6.07 Å². The summed E-state index contributed by atoms with van der Waals surface area (Å²) in [6, 6.07) is 4.43. The molecule has 0 aliphatic rings. The van der Waals surface area contributed by atoms with E-state index < -0.39 is 29.2 Å². The van der Waals surface area contributed by atoms with Crippen molar-refractivity contribution in [1.82, 2.24) is 19.9 Å². The molecule has 28 heavy (non-hydrogen) atoms. The van der Waals surface area contributed by atoms with E-state index in [9.17, 15) is 19.2 Å². The Balaban J connectivity index is 1.95. The van der Waals surface area contributed by atoms with Gasteiger partial charge in [0.2, 0.25) is 0 Å². The second-order valence-corrected chi connectivity index (χ2v) is 6.90. The molecule has 10 heteroatoms. The Labute approximate surface area is 163 Å². The molecule has 146 valence electrons. The van der Waals surface area contributed by atoms with Crippen LogP contribution in [0.15, 0.2) is 39.4 Å². The van der Waals surface area contributed by atoms with E-state index in [0.717, 1.165) is 4.88 Å². The van der Waals surface area contributed by atoms with Crippen LogP contribution in [0.5, 0.6) is 0 Å². The first-order valence-electron chi connectivity index (χ1n) is 8.48. The molecule has 0 aromatic carbocycles. The van der Waals surface area contributed by atoms with E-state index in [2.05, 4.69) is 15.3 Å². The lowest BCUT2D eigenvalue weighted by Gasteiger charge is -2.16. The van der Waals surface area contributed by atoms with Crippen LogP contribution in [0, 0.1) is 0 Å². The van der Waals surface area contributed by atoms with Crippen molar-refractivity contribution in [2.24, 2.45) is 0 Å². The SMILES string of the molecule is CCn1c(=O)[nH]c(=O)c2cc(C(=O)NC(CC(=O)OC)c3cccs3)cnc21. The number of nitrogens with zero attached hydrogens (tertiary/aromatic N) is 2. The van der Waals surface area contributed by atoms with E-state index in [0.29, 0.717) is 6.54 Å². The zero-order valence-electron chi connectivity index (χ0n) is 15.2. The van der Waals surface area contributed by atoms with Gasteiger partial charge >= 0.3 is 11.7 Å². The average molecular weight is 402 g/mol. The second-order valence-electron chi connectivity index (χ2n) is 5.92. The summed E-state index contributed by atoms with van der Waals surface area (Å²) in [5, 5.41) is 4.75. The van der Waals surface area contributed by atoms with Crippen molar-refractivity contribution < 1.29 is 14.3 Å². The van der Waals surface area contributed by atoms with Crippen molar-refractivity contribution in [2.45, 2.75) is 25.9 Å². The van der Waals surface area contributed by atoms with E-state index >= 15 is 0 Å². The number of carbonyl (C=O) groups is 2. The van der Waals surface area contributed by atoms with Crippen LogP contribution in [-0.2, 0) is 16.1 Å². The summed E-state index contributed by atoms with van der Waals surface area (Å²) in [6.07, 6.45) is 1.27. The summed E-state index contributed by atoms with van der Waals surface area (Å²) >= 11 is 1.40. The Morgan fingerprint density at radius 2 is 2.18 bits per heavy atom. The van der Waals surface area contributed by atoms with Crippen LogP contribution in [0.2, 0.25) is 0 Å². The van der Waals surface area contributed by atoms with Gasteiger partial charge < -0.3 is 10.1 Å². The number of pyridine rings is 1. The lowest BCUT2D eigenvalue weighted by Crippen LogP contribution is -2.32. The molecule has 0 saturated heterocycles. The van der Waals surface area contributed by atoms with Gasteiger partial charge in [0.1, 0.15) is 5.65 Å². The minimum atomic E-state index is -0.615. The Morgan fingerprint density at radius 3 is 2.82 bits per heavy atom. The van der Waals surface area contributed by atoms with Gasteiger partial charge in [0.15, 0.2) is 0 Å². The van der Waals surface area contributed by atoms with Gasteiger partial charge in [0.25, 0.3) is 11.5 Å². The molecule has 0 saturated carbocycles. The van der Waals surface area contributed by atoms with Gasteiger partial charge in [-0.05, 0) is 24.4 Å². The van der Waals surface area contributed by atoms with E-state index in [1.165, 1.54) is 35.3 Å². The number of hydrogen-bond acceptors (Lipinski definition) is 7. The molecule has 0 radical (unpaired) electrons. The predicted octanol–water partition coefficient (Wildman–Crippen LogP) is 1.20. The Kier molecular flexibility index (Phi) is 5.69. The highest BCUT2D eigenvalue weighted by Gasteiger charge is 2.21. The van der Waals surface area contributed by atoms with Crippen LogP contribution in [0.25, 0.3) is 11.0 Å². The zero-order chi connectivity index (χ0) is 20.3. The van der Waals surface area contributed by atoms with Gasteiger partial charge in [-0.2, -0.15) is 0 Å². The second kappa shape index (κ2) is 8.17. The zero-order valence-corrected chi connectivity index (χ0v) is 16.0. The van der Waals surface area contributed by atoms with Gasteiger partial charge in [-0.15, -0.1) is 11.3 Å². The lowest BCUT2D eigenvalue weighted by atomic mass is 10.1. The molecule has 3 aromatic rings. The Morgan fingerprint density at radius 1 is 1.39 bits per heavy atom. The fourth-order valence-corrected chi connectivity index (χ4v) is 3.57. The Hall–Kier alpha value is -3.27.